The molecule has 2 aromatic carbocycles. The van der Waals surface area contributed by atoms with Crippen molar-refractivity contribution in [3.05, 3.63) is 53.6 Å². The Morgan fingerprint density at radius 3 is 2.43 bits per heavy atom. The fourth-order valence-corrected chi connectivity index (χ4v) is 4.19. The van der Waals surface area contributed by atoms with Gasteiger partial charge in [0, 0.05) is 16.7 Å². The number of hydrogen-bond donors (Lipinski definition) is 1. The van der Waals surface area contributed by atoms with Crippen LogP contribution in [0, 0.1) is 0 Å². The van der Waals surface area contributed by atoms with Gasteiger partial charge in [0.2, 0.25) is 9.84 Å². The number of carbonyl (C=O) groups excluding carboxylic acids is 1. The summed E-state index contributed by atoms with van der Waals surface area (Å²) in [5, 5.41) is 13.2. The van der Waals surface area contributed by atoms with Gasteiger partial charge in [-0.15, -0.1) is 5.10 Å². The molecule has 0 unspecified atom stereocenters. The van der Waals surface area contributed by atoms with Crippen LogP contribution >= 0.6 is 0 Å². The van der Waals surface area contributed by atoms with Gasteiger partial charge < -0.3 is 0 Å². The maximum atomic E-state index is 12.7. The summed E-state index contributed by atoms with van der Waals surface area (Å²) in [6.07, 6.45) is 0. The molecule has 0 saturated heterocycles. The molecule has 1 aliphatic rings. The van der Waals surface area contributed by atoms with Crippen LogP contribution in [0.15, 0.2) is 52.3 Å². The fourth-order valence-electron chi connectivity index (χ4n) is 2.51. The van der Waals surface area contributed by atoms with Gasteiger partial charge >= 0.3 is 29.6 Å². The first-order chi connectivity index (χ1) is 10.6. The number of nitrogens with zero attached hydrogens (tertiary/aromatic N) is 3. The van der Waals surface area contributed by atoms with Crippen LogP contribution in [-0.2, 0) is 9.84 Å². The van der Waals surface area contributed by atoms with E-state index in [2.05, 4.69) is 20.6 Å². The van der Waals surface area contributed by atoms with Crippen molar-refractivity contribution in [1.82, 2.24) is 20.6 Å². The van der Waals surface area contributed by atoms with Gasteiger partial charge in [-0.3, -0.25) is 4.79 Å². The Kier molecular flexibility index (Phi) is 3.93. The van der Waals surface area contributed by atoms with Crippen molar-refractivity contribution in [2.24, 2.45) is 0 Å². The van der Waals surface area contributed by atoms with E-state index in [0.717, 1.165) is 0 Å². The van der Waals surface area contributed by atoms with Crippen molar-refractivity contribution in [2.75, 3.05) is 0 Å². The van der Waals surface area contributed by atoms with Crippen LogP contribution in [0.5, 0.6) is 0 Å². The third-order valence-corrected chi connectivity index (χ3v) is 5.41. The normalized spacial score (nSPS) is 14.5. The molecule has 0 bridgehead atoms. The van der Waals surface area contributed by atoms with E-state index in [1.165, 1.54) is 24.3 Å². The van der Waals surface area contributed by atoms with Gasteiger partial charge in [-0.1, -0.05) is 18.2 Å². The zero-order valence-corrected chi connectivity index (χ0v) is 11.8. The molecule has 0 aliphatic carbocycles. The predicted molar refractivity (Wildman–Crippen MR) is 82.1 cm³/mol. The molecule has 4 rings (SSSR count). The molecule has 3 aromatic rings. The number of nitrogens with one attached hydrogen (secondary N) is 1. The molecular formula is C14H9N4NaO3S. The second-order valence-corrected chi connectivity index (χ2v) is 6.68. The molecule has 110 valence electrons. The number of tetrazole rings is 1. The Hall–Kier alpha value is -1.87. The standard InChI is InChI=1S/C14H8N4O3S.Na.H/c19-13-9-3-1-2-4-11(9)22(20,21)12-7-8(5-6-10(12)13)14-15-17-18-16-14;;/h1-7H,(H,15,16,17,18);;. The average molecular weight is 336 g/mol. The summed E-state index contributed by atoms with van der Waals surface area (Å²) in [4.78, 5) is 12.5. The van der Waals surface area contributed by atoms with Gasteiger partial charge in [0.25, 0.3) is 0 Å². The Balaban J connectivity index is 0.00000156. The van der Waals surface area contributed by atoms with Crippen molar-refractivity contribution < 1.29 is 13.2 Å². The van der Waals surface area contributed by atoms with E-state index in [1.54, 1.807) is 18.2 Å². The molecule has 0 radical (unpaired) electrons. The van der Waals surface area contributed by atoms with Crippen LogP contribution in [0.1, 0.15) is 15.9 Å². The summed E-state index contributed by atoms with van der Waals surface area (Å²) in [6.45, 7) is 0. The molecule has 7 nitrogen and oxygen atoms in total. The summed E-state index contributed by atoms with van der Waals surface area (Å²) in [7, 11) is -3.75. The number of benzene rings is 2. The molecule has 23 heavy (non-hydrogen) atoms. The number of rotatable bonds is 1. The third-order valence-electron chi connectivity index (χ3n) is 3.56. The van der Waals surface area contributed by atoms with Crippen LogP contribution in [0.2, 0.25) is 0 Å². The second-order valence-electron chi connectivity index (χ2n) is 4.79. The second kappa shape index (κ2) is 5.64. The number of fused-ring (bicyclic) bond motifs is 2. The topological polar surface area (TPSA) is 106 Å². The minimum absolute atomic E-state index is 0. The van der Waals surface area contributed by atoms with Crippen molar-refractivity contribution in [3.8, 4) is 11.4 Å². The molecule has 1 aromatic heterocycles. The Morgan fingerprint density at radius 1 is 0.957 bits per heavy atom. The zero-order chi connectivity index (χ0) is 15.3. The van der Waals surface area contributed by atoms with Crippen molar-refractivity contribution in [1.29, 1.82) is 0 Å². The van der Waals surface area contributed by atoms with E-state index in [9.17, 15) is 13.2 Å². The monoisotopic (exact) mass is 336 g/mol. The van der Waals surface area contributed by atoms with Crippen LogP contribution in [0.4, 0.5) is 0 Å². The van der Waals surface area contributed by atoms with Crippen molar-refractivity contribution in [3.63, 3.8) is 0 Å². The quantitative estimate of drug-likeness (QED) is 0.510. The number of hydrogen-bond acceptors (Lipinski definition) is 6. The molecule has 0 amide bonds. The van der Waals surface area contributed by atoms with E-state index in [-0.39, 0.29) is 56.3 Å². The Bertz CT molecular complexity index is 1020. The first-order valence-electron chi connectivity index (χ1n) is 6.36. The van der Waals surface area contributed by atoms with E-state index in [0.29, 0.717) is 11.4 Å². The van der Waals surface area contributed by atoms with E-state index in [4.69, 9.17) is 0 Å². The zero-order valence-electron chi connectivity index (χ0n) is 11.0. The maximum absolute atomic E-state index is 12.7. The van der Waals surface area contributed by atoms with Gasteiger partial charge in [-0.05, 0) is 34.7 Å². The first-order valence-corrected chi connectivity index (χ1v) is 7.84. The third kappa shape index (κ3) is 2.34. The molecule has 0 atom stereocenters. The fraction of sp³-hybridized carbons (Fsp3) is 0. The number of sulfone groups is 1. The van der Waals surface area contributed by atoms with E-state index >= 15 is 0 Å². The van der Waals surface area contributed by atoms with Crippen LogP contribution in [-0.4, -0.2) is 64.4 Å². The average Bonchev–Trinajstić information content (AvgIpc) is 3.07. The Morgan fingerprint density at radius 2 is 1.70 bits per heavy atom. The van der Waals surface area contributed by atoms with E-state index < -0.39 is 9.84 Å². The SMILES string of the molecule is O=C1c2ccccc2S(=O)(=O)c2cc(-c3nnn[nH]3)ccc21.[NaH]. The number of ketones is 1. The molecular weight excluding hydrogens is 327 g/mol. The predicted octanol–water partition coefficient (Wildman–Crippen LogP) is 0.595. The number of carbonyl (C=O) groups is 1. The summed E-state index contributed by atoms with van der Waals surface area (Å²) < 4.78 is 25.5. The van der Waals surface area contributed by atoms with Crippen LogP contribution in [0.25, 0.3) is 11.4 Å². The minimum atomic E-state index is -3.75. The Labute approximate surface area is 153 Å². The van der Waals surface area contributed by atoms with E-state index in [1.807, 2.05) is 0 Å². The van der Waals surface area contributed by atoms with Gasteiger partial charge in [0.1, 0.15) is 0 Å². The van der Waals surface area contributed by atoms with Crippen LogP contribution in [0.3, 0.4) is 0 Å². The van der Waals surface area contributed by atoms with Crippen LogP contribution < -0.4 is 0 Å². The van der Waals surface area contributed by atoms with Gasteiger partial charge in [-0.25, -0.2) is 13.5 Å². The first kappa shape index (κ1) is 16.0. The molecule has 1 N–H and O–H groups in total. The molecule has 1 aliphatic heterocycles. The molecule has 0 saturated carbocycles. The number of aromatic nitrogens is 4. The van der Waals surface area contributed by atoms with Gasteiger partial charge in [-0.2, -0.15) is 0 Å². The summed E-state index contributed by atoms with van der Waals surface area (Å²) >= 11 is 0. The van der Waals surface area contributed by atoms with Gasteiger partial charge in [0.05, 0.1) is 9.79 Å². The molecule has 0 fully saturated rings. The molecule has 2 heterocycles. The number of aromatic amines is 1. The summed E-state index contributed by atoms with van der Waals surface area (Å²) in [5.74, 6) is 0.0342. The molecule has 0 spiro atoms. The summed E-state index contributed by atoms with van der Waals surface area (Å²) in [6, 6.07) is 10.7. The molecule has 9 heteroatoms. The summed E-state index contributed by atoms with van der Waals surface area (Å²) in [5.41, 5.74) is 0.860. The number of H-pyrrole nitrogens is 1. The van der Waals surface area contributed by atoms with Crippen molar-refractivity contribution in [2.45, 2.75) is 9.79 Å². The van der Waals surface area contributed by atoms with Crippen molar-refractivity contribution >= 4 is 45.2 Å². The van der Waals surface area contributed by atoms with Gasteiger partial charge in [0.15, 0.2) is 11.6 Å².